The highest BCUT2D eigenvalue weighted by Gasteiger charge is 2.35. The zero-order valence-corrected chi connectivity index (χ0v) is 18.5. The maximum absolute atomic E-state index is 13.2. The number of piperidine rings is 1. The fourth-order valence-electron chi connectivity index (χ4n) is 4.36. The van der Waals surface area contributed by atoms with Gasteiger partial charge in [0.2, 0.25) is 0 Å². The summed E-state index contributed by atoms with van der Waals surface area (Å²) in [7, 11) is 0. The second-order valence-corrected chi connectivity index (χ2v) is 8.37. The van der Waals surface area contributed by atoms with Crippen LogP contribution in [0.5, 0.6) is 5.75 Å². The molecular weight excluding hydrogens is 451 g/mol. The lowest BCUT2D eigenvalue weighted by molar-refractivity contribution is -0.274. The number of carbonyl (C=O) groups excluding carboxylic acids is 2. The van der Waals surface area contributed by atoms with Crippen LogP contribution < -0.4 is 10.1 Å². The Balaban J connectivity index is 1.51. The van der Waals surface area contributed by atoms with Gasteiger partial charge in [-0.2, -0.15) is 0 Å². The number of alkyl halides is 3. The lowest BCUT2D eigenvalue weighted by atomic mass is 9.88. The summed E-state index contributed by atoms with van der Waals surface area (Å²) in [4.78, 5) is 29.4. The molecule has 2 unspecified atom stereocenters. The lowest BCUT2D eigenvalue weighted by Crippen LogP contribution is -2.56. The van der Waals surface area contributed by atoms with Crippen molar-refractivity contribution >= 4 is 11.9 Å². The highest BCUT2D eigenvalue weighted by molar-refractivity contribution is 5.94. The summed E-state index contributed by atoms with van der Waals surface area (Å²) in [5.74, 6) is -0.707. The number of nitrogens with zero attached hydrogens (tertiary/aromatic N) is 2. The molecule has 0 saturated carbocycles. The molecule has 0 aliphatic carbocycles. The fourth-order valence-corrected chi connectivity index (χ4v) is 4.36. The Kier molecular flexibility index (Phi) is 7.26. The van der Waals surface area contributed by atoms with Crippen molar-refractivity contribution in [3.8, 4) is 5.75 Å². The van der Waals surface area contributed by atoms with E-state index in [0.717, 1.165) is 5.56 Å². The van der Waals surface area contributed by atoms with Crippen LogP contribution in [0, 0.1) is 0 Å². The highest BCUT2D eigenvalue weighted by atomic mass is 19.4. The number of halogens is 3. The van der Waals surface area contributed by atoms with Gasteiger partial charge in [-0.3, -0.25) is 4.79 Å². The Bertz CT molecular complexity index is 979. The van der Waals surface area contributed by atoms with Gasteiger partial charge in [0, 0.05) is 43.7 Å². The van der Waals surface area contributed by atoms with Crippen molar-refractivity contribution in [2.75, 3.05) is 39.4 Å². The van der Waals surface area contributed by atoms with E-state index in [1.165, 1.54) is 12.1 Å². The Hall–Kier alpha value is -3.27. The predicted molar refractivity (Wildman–Crippen MR) is 118 cm³/mol. The monoisotopic (exact) mass is 477 g/mol. The molecule has 2 aliphatic heterocycles. The maximum atomic E-state index is 13.2. The molecule has 2 aliphatic rings. The summed E-state index contributed by atoms with van der Waals surface area (Å²) in [6, 6.07) is 14.0. The average molecular weight is 477 g/mol. The van der Waals surface area contributed by atoms with E-state index in [2.05, 4.69) is 10.1 Å². The average Bonchev–Trinajstić information content (AvgIpc) is 2.84. The number of carbonyl (C=O) groups is 2. The van der Waals surface area contributed by atoms with E-state index >= 15 is 0 Å². The second-order valence-electron chi connectivity index (χ2n) is 8.37. The largest absolute Gasteiger partial charge is 0.573 e. The molecule has 2 aromatic rings. The van der Waals surface area contributed by atoms with Gasteiger partial charge in [-0.25, -0.2) is 4.79 Å². The summed E-state index contributed by atoms with van der Waals surface area (Å²) in [6.07, 6.45) is -4.22. The van der Waals surface area contributed by atoms with Gasteiger partial charge in [0.15, 0.2) is 0 Å². The van der Waals surface area contributed by atoms with E-state index in [4.69, 9.17) is 4.74 Å². The van der Waals surface area contributed by atoms with Gasteiger partial charge in [0.05, 0.1) is 13.2 Å². The molecule has 0 radical (unpaired) electrons. The third-order valence-corrected chi connectivity index (χ3v) is 5.96. The van der Waals surface area contributed by atoms with Crippen molar-refractivity contribution in [2.45, 2.75) is 24.7 Å². The number of ether oxygens (including phenoxy) is 2. The van der Waals surface area contributed by atoms with E-state index in [0.29, 0.717) is 51.4 Å². The van der Waals surface area contributed by atoms with Crippen LogP contribution in [-0.4, -0.2) is 73.5 Å². The third kappa shape index (κ3) is 6.19. The van der Waals surface area contributed by atoms with Gasteiger partial charge >= 0.3 is 12.4 Å². The molecule has 7 nitrogen and oxygen atoms in total. The van der Waals surface area contributed by atoms with E-state index in [9.17, 15) is 22.8 Å². The number of hydrogen-bond acceptors (Lipinski definition) is 4. The van der Waals surface area contributed by atoms with Crippen LogP contribution >= 0.6 is 0 Å². The van der Waals surface area contributed by atoms with Crippen molar-refractivity contribution in [3.63, 3.8) is 0 Å². The quantitative estimate of drug-likeness (QED) is 0.730. The summed E-state index contributed by atoms with van der Waals surface area (Å²) < 4.78 is 46.8. The van der Waals surface area contributed by atoms with Crippen molar-refractivity contribution in [1.29, 1.82) is 0 Å². The van der Waals surface area contributed by atoms with Gasteiger partial charge in [-0.05, 0) is 36.2 Å². The van der Waals surface area contributed by atoms with Crippen LogP contribution in [0.4, 0.5) is 18.0 Å². The second kappa shape index (κ2) is 10.3. The number of rotatable bonds is 4. The Labute approximate surface area is 195 Å². The summed E-state index contributed by atoms with van der Waals surface area (Å²) >= 11 is 0. The number of benzene rings is 2. The summed E-state index contributed by atoms with van der Waals surface area (Å²) in [5.41, 5.74) is 1.29. The SMILES string of the molecule is O=C(NC1CC(c2ccc(OC(F)(F)F)cc2)CN(C(=O)N2CCOCC2)C1)c1ccccc1. The molecule has 34 heavy (non-hydrogen) atoms. The van der Waals surface area contributed by atoms with Crippen molar-refractivity contribution in [2.24, 2.45) is 0 Å². The molecule has 0 spiro atoms. The Morgan fingerprint density at radius 1 is 0.941 bits per heavy atom. The van der Waals surface area contributed by atoms with Crippen molar-refractivity contribution in [1.82, 2.24) is 15.1 Å². The minimum absolute atomic E-state index is 0.135. The van der Waals surface area contributed by atoms with Crippen LogP contribution in [0.25, 0.3) is 0 Å². The molecule has 2 aromatic carbocycles. The number of hydrogen-bond donors (Lipinski definition) is 1. The topological polar surface area (TPSA) is 71.1 Å². The van der Waals surface area contributed by atoms with Crippen LogP contribution in [0.15, 0.2) is 54.6 Å². The first kappa shape index (κ1) is 23.9. The smallest absolute Gasteiger partial charge is 0.406 e. The molecule has 182 valence electrons. The van der Waals surface area contributed by atoms with E-state index in [-0.39, 0.29) is 29.6 Å². The zero-order valence-electron chi connectivity index (χ0n) is 18.5. The molecule has 2 heterocycles. The molecule has 2 atom stereocenters. The van der Waals surface area contributed by atoms with E-state index in [1.54, 1.807) is 46.2 Å². The van der Waals surface area contributed by atoms with Crippen molar-refractivity contribution in [3.05, 3.63) is 65.7 Å². The van der Waals surface area contributed by atoms with Gasteiger partial charge in [0.1, 0.15) is 5.75 Å². The number of nitrogens with one attached hydrogen (secondary N) is 1. The molecule has 0 aromatic heterocycles. The Morgan fingerprint density at radius 2 is 1.62 bits per heavy atom. The maximum Gasteiger partial charge on any atom is 0.573 e. The number of urea groups is 1. The number of likely N-dealkylation sites (tertiary alicyclic amines) is 1. The van der Waals surface area contributed by atoms with Gasteiger partial charge in [0.25, 0.3) is 5.91 Å². The first-order valence-electron chi connectivity index (χ1n) is 11.1. The van der Waals surface area contributed by atoms with Crippen LogP contribution in [0.3, 0.4) is 0 Å². The van der Waals surface area contributed by atoms with Crippen LogP contribution in [0.2, 0.25) is 0 Å². The van der Waals surface area contributed by atoms with Crippen LogP contribution in [-0.2, 0) is 4.74 Å². The molecule has 10 heteroatoms. The third-order valence-electron chi connectivity index (χ3n) is 5.96. The number of morpholine rings is 1. The molecule has 2 fully saturated rings. The normalized spacial score (nSPS) is 21.1. The molecular formula is C24H26F3N3O4. The van der Waals surface area contributed by atoms with E-state index < -0.39 is 6.36 Å². The first-order chi connectivity index (χ1) is 16.3. The fraction of sp³-hybridized carbons (Fsp3) is 0.417. The van der Waals surface area contributed by atoms with Crippen LogP contribution in [0.1, 0.15) is 28.3 Å². The zero-order chi connectivity index (χ0) is 24.1. The molecule has 4 rings (SSSR count). The van der Waals surface area contributed by atoms with Gasteiger partial charge in [-0.15, -0.1) is 13.2 Å². The standard InChI is InChI=1S/C24H26F3N3O4/c25-24(26,27)34-21-8-6-17(7-9-21)19-14-20(28-22(31)18-4-2-1-3-5-18)16-30(15-19)23(32)29-10-12-33-13-11-29/h1-9,19-20H,10-16H2,(H,28,31). The lowest BCUT2D eigenvalue weighted by Gasteiger charge is -2.41. The minimum atomic E-state index is -4.76. The number of amides is 3. The minimum Gasteiger partial charge on any atom is -0.406 e. The summed E-state index contributed by atoms with van der Waals surface area (Å²) in [5, 5.41) is 3.02. The molecule has 2 saturated heterocycles. The summed E-state index contributed by atoms with van der Waals surface area (Å²) in [6.45, 7) is 2.67. The first-order valence-corrected chi connectivity index (χ1v) is 11.1. The van der Waals surface area contributed by atoms with Crippen molar-refractivity contribution < 1.29 is 32.2 Å². The molecule has 0 bridgehead atoms. The van der Waals surface area contributed by atoms with E-state index in [1.807, 2.05) is 6.07 Å². The predicted octanol–water partition coefficient (Wildman–Crippen LogP) is 3.63. The highest BCUT2D eigenvalue weighted by Crippen LogP contribution is 2.31. The Morgan fingerprint density at radius 3 is 2.26 bits per heavy atom. The molecule has 1 N–H and O–H groups in total. The van der Waals surface area contributed by atoms with Gasteiger partial charge < -0.3 is 24.6 Å². The van der Waals surface area contributed by atoms with Gasteiger partial charge in [-0.1, -0.05) is 30.3 Å². The molecule has 3 amide bonds.